The first-order chi connectivity index (χ1) is 12.1. The van der Waals surface area contributed by atoms with Crippen molar-refractivity contribution in [3.8, 4) is 11.8 Å². The van der Waals surface area contributed by atoms with Crippen LogP contribution in [0.15, 0.2) is 69.2 Å². The maximum absolute atomic E-state index is 12.7. The summed E-state index contributed by atoms with van der Waals surface area (Å²) in [5.74, 6) is -0.258. The van der Waals surface area contributed by atoms with Crippen molar-refractivity contribution in [2.75, 3.05) is 0 Å². The lowest BCUT2D eigenvalue weighted by Gasteiger charge is -2.26. The first kappa shape index (κ1) is 15.7. The lowest BCUT2D eigenvalue weighted by atomic mass is 9.84. The second-order valence-corrected chi connectivity index (χ2v) is 6.85. The Morgan fingerprint density at radius 1 is 1.16 bits per heavy atom. The standard InChI is InChI=1S/C19H11IN2O3/c20-11-5-3-4-10(8-11)15-13(9-21)18(22)25-17-12-6-1-2-7-14(12)24-19(23)16(15)17/h1-8,15H,22H2/t15-/m1/s1. The number of benzene rings is 2. The molecule has 0 unspecified atom stereocenters. The highest BCUT2D eigenvalue weighted by Crippen LogP contribution is 2.43. The second kappa shape index (κ2) is 5.93. The van der Waals surface area contributed by atoms with E-state index in [-0.39, 0.29) is 11.5 Å². The molecule has 0 spiro atoms. The normalized spacial score (nSPS) is 16.2. The minimum Gasteiger partial charge on any atom is -0.439 e. The topological polar surface area (TPSA) is 89.3 Å². The molecule has 2 aromatic carbocycles. The van der Waals surface area contributed by atoms with Gasteiger partial charge in [0.1, 0.15) is 17.2 Å². The minimum absolute atomic E-state index is 0.00890. The zero-order chi connectivity index (χ0) is 17.6. The molecule has 3 aromatic rings. The van der Waals surface area contributed by atoms with E-state index < -0.39 is 11.5 Å². The third-order valence-corrected chi connectivity index (χ3v) is 4.83. The number of allylic oxidation sites excluding steroid dienone is 1. The van der Waals surface area contributed by atoms with Gasteiger partial charge in [0.15, 0.2) is 5.75 Å². The Morgan fingerprint density at radius 2 is 1.96 bits per heavy atom. The van der Waals surface area contributed by atoms with Gasteiger partial charge in [0.05, 0.1) is 16.9 Å². The van der Waals surface area contributed by atoms with Crippen LogP contribution in [0.2, 0.25) is 0 Å². The Labute approximate surface area is 156 Å². The molecule has 5 nitrogen and oxygen atoms in total. The molecule has 0 aliphatic carbocycles. The molecule has 1 aliphatic heterocycles. The van der Waals surface area contributed by atoms with E-state index in [0.29, 0.717) is 22.3 Å². The zero-order valence-electron chi connectivity index (χ0n) is 12.8. The molecule has 0 saturated carbocycles. The van der Waals surface area contributed by atoms with Crippen LogP contribution in [0, 0.1) is 14.9 Å². The number of para-hydroxylation sites is 1. The Hall–Kier alpha value is -2.79. The Balaban J connectivity index is 2.10. The van der Waals surface area contributed by atoms with Crippen LogP contribution < -0.4 is 16.1 Å². The molecule has 4 rings (SSSR count). The van der Waals surface area contributed by atoms with Crippen LogP contribution in [0.3, 0.4) is 0 Å². The number of nitrogens with two attached hydrogens (primary N) is 1. The van der Waals surface area contributed by atoms with Gasteiger partial charge < -0.3 is 14.9 Å². The number of nitrogens with zero attached hydrogens (tertiary/aromatic N) is 1. The van der Waals surface area contributed by atoms with Gasteiger partial charge in [-0.1, -0.05) is 24.3 Å². The SMILES string of the molecule is N#CC1=C(N)Oc2c(c(=O)oc3ccccc23)[C@@H]1c1cccc(I)c1. The van der Waals surface area contributed by atoms with Gasteiger partial charge in [0, 0.05) is 3.57 Å². The first-order valence-electron chi connectivity index (χ1n) is 7.49. The van der Waals surface area contributed by atoms with Gasteiger partial charge in [-0.2, -0.15) is 5.26 Å². The number of fused-ring (bicyclic) bond motifs is 3. The Morgan fingerprint density at radius 3 is 2.72 bits per heavy atom. The predicted octanol–water partition coefficient (Wildman–Crippen LogP) is 3.62. The number of hydrogen-bond acceptors (Lipinski definition) is 5. The smallest absolute Gasteiger partial charge is 0.344 e. The predicted molar refractivity (Wildman–Crippen MR) is 101 cm³/mol. The highest BCUT2D eigenvalue weighted by Gasteiger charge is 2.35. The highest BCUT2D eigenvalue weighted by atomic mass is 127. The average molecular weight is 442 g/mol. The summed E-state index contributed by atoms with van der Waals surface area (Å²) in [6.45, 7) is 0. The third kappa shape index (κ3) is 2.48. The third-order valence-electron chi connectivity index (χ3n) is 4.16. The van der Waals surface area contributed by atoms with Crippen molar-refractivity contribution in [2.45, 2.75) is 5.92 Å². The second-order valence-electron chi connectivity index (χ2n) is 5.61. The lowest BCUT2D eigenvalue weighted by molar-refractivity contribution is 0.388. The summed E-state index contributed by atoms with van der Waals surface area (Å²) in [5, 5.41) is 10.2. The number of hydrogen-bond donors (Lipinski definition) is 1. The van der Waals surface area contributed by atoms with Crippen LogP contribution in [0.25, 0.3) is 11.0 Å². The van der Waals surface area contributed by atoms with Gasteiger partial charge in [-0.05, 0) is 52.4 Å². The van der Waals surface area contributed by atoms with Crippen molar-refractivity contribution in [2.24, 2.45) is 5.73 Å². The summed E-state index contributed by atoms with van der Waals surface area (Å²) in [4.78, 5) is 12.7. The molecule has 2 N–H and O–H groups in total. The molecule has 0 radical (unpaired) electrons. The molecule has 122 valence electrons. The molecule has 2 heterocycles. The van der Waals surface area contributed by atoms with Crippen LogP contribution in [-0.2, 0) is 0 Å². The van der Waals surface area contributed by atoms with E-state index in [4.69, 9.17) is 14.9 Å². The monoisotopic (exact) mass is 442 g/mol. The number of rotatable bonds is 1. The van der Waals surface area contributed by atoms with Crippen LogP contribution in [0.4, 0.5) is 0 Å². The largest absolute Gasteiger partial charge is 0.439 e. The number of ether oxygens (including phenoxy) is 1. The Bertz CT molecular complexity index is 1140. The van der Waals surface area contributed by atoms with Crippen molar-refractivity contribution in [3.63, 3.8) is 0 Å². The van der Waals surface area contributed by atoms with E-state index >= 15 is 0 Å². The molecule has 6 heteroatoms. The van der Waals surface area contributed by atoms with Crippen molar-refractivity contribution in [1.82, 2.24) is 0 Å². The van der Waals surface area contributed by atoms with Crippen LogP contribution in [-0.4, -0.2) is 0 Å². The summed E-state index contributed by atoms with van der Waals surface area (Å²) in [7, 11) is 0. The summed E-state index contributed by atoms with van der Waals surface area (Å²) in [5.41, 5.74) is 7.19. The summed E-state index contributed by atoms with van der Waals surface area (Å²) < 4.78 is 12.1. The van der Waals surface area contributed by atoms with Crippen molar-refractivity contribution in [3.05, 3.63) is 85.1 Å². The van der Waals surface area contributed by atoms with Gasteiger partial charge in [0.25, 0.3) is 0 Å². The maximum Gasteiger partial charge on any atom is 0.344 e. The van der Waals surface area contributed by atoms with E-state index in [2.05, 4.69) is 28.7 Å². The fourth-order valence-electron chi connectivity index (χ4n) is 3.09. The van der Waals surface area contributed by atoms with Crippen molar-refractivity contribution in [1.29, 1.82) is 5.26 Å². The fourth-order valence-corrected chi connectivity index (χ4v) is 3.65. The van der Waals surface area contributed by atoms with E-state index in [1.54, 1.807) is 18.2 Å². The summed E-state index contributed by atoms with van der Waals surface area (Å²) in [6.07, 6.45) is 0. The van der Waals surface area contributed by atoms with Crippen LogP contribution >= 0.6 is 22.6 Å². The van der Waals surface area contributed by atoms with Crippen LogP contribution in [0.5, 0.6) is 5.75 Å². The van der Waals surface area contributed by atoms with E-state index in [1.807, 2.05) is 30.3 Å². The maximum atomic E-state index is 12.7. The first-order valence-corrected chi connectivity index (χ1v) is 8.57. The zero-order valence-corrected chi connectivity index (χ0v) is 15.0. The molecule has 0 fully saturated rings. The average Bonchev–Trinajstić information content (AvgIpc) is 2.60. The molecule has 1 aliphatic rings. The summed E-state index contributed by atoms with van der Waals surface area (Å²) in [6, 6.07) is 16.8. The molecule has 1 atom stereocenters. The highest BCUT2D eigenvalue weighted by molar-refractivity contribution is 14.1. The molecular weight excluding hydrogens is 431 g/mol. The fraction of sp³-hybridized carbons (Fsp3) is 0.0526. The van der Waals surface area contributed by atoms with E-state index in [1.165, 1.54) is 0 Å². The summed E-state index contributed by atoms with van der Waals surface area (Å²) >= 11 is 2.19. The lowest BCUT2D eigenvalue weighted by Crippen LogP contribution is -2.26. The Kier molecular flexibility index (Phi) is 3.73. The molecule has 1 aromatic heterocycles. The number of halogens is 1. The van der Waals surface area contributed by atoms with Crippen LogP contribution in [0.1, 0.15) is 17.0 Å². The van der Waals surface area contributed by atoms with E-state index in [0.717, 1.165) is 9.13 Å². The van der Waals surface area contributed by atoms with Crippen molar-refractivity contribution < 1.29 is 9.15 Å². The molecular formula is C19H11IN2O3. The number of nitriles is 1. The van der Waals surface area contributed by atoms with Crippen molar-refractivity contribution >= 4 is 33.6 Å². The van der Waals surface area contributed by atoms with Gasteiger partial charge in [-0.3, -0.25) is 0 Å². The molecule has 25 heavy (non-hydrogen) atoms. The quantitative estimate of drug-likeness (QED) is 0.460. The van der Waals surface area contributed by atoms with Gasteiger partial charge >= 0.3 is 5.63 Å². The minimum atomic E-state index is -0.621. The van der Waals surface area contributed by atoms with Gasteiger partial charge in [-0.15, -0.1) is 0 Å². The van der Waals surface area contributed by atoms with Gasteiger partial charge in [-0.25, -0.2) is 4.79 Å². The van der Waals surface area contributed by atoms with E-state index in [9.17, 15) is 10.1 Å². The molecule has 0 amide bonds. The molecule has 0 bridgehead atoms. The molecule has 0 saturated heterocycles. The van der Waals surface area contributed by atoms with Gasteiger partial charge in [0.2, 0.25) is 5.88 Å².